The van der Waals surface area contributed by atoms with Gasteiger partial charge in [0.1, 0.15) is 0 Å². The quantitative estimate of drug-likeness (QED) is 0.589. The zero-order chi connectivity index (χ0) is 25.6. The molecule has 1 aliphatic carbocycles. The minimum atomic E-state index is -4.55. The van der Waals surface area contributed by atoms with Crippen LogP contribution in [0, 0.1) is 0 Å². The Morgan fingerprint density at radius 1 is 1.23 bits per heavy atom. The van der Waals surface area contributed by atoms with Crippen LogP contribution >= 0.6 is 11.6 Å². The van der Waals surface area contributed by atoms with Crippen LogP contribution in [-0.2, 0) is 16.2 Å². The van der Waals surface area contributed by atoms with Gasteiger partial charge in [-0.25, -0.2) is 8.42 Å². The van der Waals surface area contributed by atoms with Crippen LogP contribution in [0.25, 0.3) is 0 Å². The van der Waals surface area contributed by atoms with Crippen molar-refractivity contribution in [2.75, 3.05) is 32.7 Å². The number of benzene rings is 1. The zero-order valence-corrected chi connectivity index (χ0v) is 20.9. The van der Waals surface area contributed by atoms with Crippen molar-refractivity contribution in [3.05, 3.63) is 34.3 Å². The van der Waals surface area contributed by atoms with Gasteiger partial charge >= 0.3 is 6.18 Å². The highest BCUT2D eigenvalue weighted by atomic mass is 35.5. The summed E-state index contributed by atoms with van der Waals surface area (Å²) in [6.07, 6.45) is -0.963. The largest absolute Gasteiger partial charge is 0.416 e. The van der Waals surface area contributed by atoms with Gasteiger partial charge in [-0.15, -0.1) is 0 Å². The summed E-state index contributed by atoms with van der Waals surface area (Å²) in [7, 11) is -3.61. The summed E-state index contributed by atoms with van der Waals surface area (Å²) in [5.41, 5.74) is -1.30. The van der Waals surface area contributed by atoms with Crippen LogP contribution in [0.1, 0.15) is 48.5 Å². The number of hydrazone groups is 1. The van der Waals surface area contributed by atoms with Crippen molar-refractivity contribution in [3.63, 3.8) is 0 Å². The second-order valence-corrected chi connectivity index (χ2v) is 11.6. The van der Waals surface area contributed by atoms with E-state index in [1.165, 1.54) is 8.99 Å². The molecule has 8 nitrogen and oxygen atoms in total. The Labute approximate surface area is 207 Å². The minimum absolute atomic E-state index is 0.0173. The molecule has 2 heterocycles. The first-order valence-electron chi connectivity index (χ1n) is 11.4. The molecular formula is C22H28ClF3N5O3S+. The van der Waals surface area contributed by atoms with E-state index in [1.54, 1.807) is 0 Å². The van der Waals surface area contributed by atoms with Gasteiger partial charge in [0.05, 0.1) is 16.1 Å². The molecule has 1 unspecified atom stereocenters. The number of amides is 1. The summed E-state index contributed by atoms with van der Waals surface area (Å²) in [5.74, 6) is -0.538. The highest BCUT2D eigenvalue weighted by Gasteiger charge is 2.47. The Kier molecular flexibility index (Phi) is 7.04. The van der Waals surface area contributed by atoms with E-state index in [0.29, 0.717) is 26.2 Å². The molecular weight excluding hydrogens is 507 g/mol. The number of halogens is 4. The maximum absolute atomic E-state index is 12.9. The van der Waals surface area contributed by atoms with Crippen molar-refractivity contribution < 1.29 is 31.1 Å². The topological polar surface area (TPSA) is 85.1 Å². The van der Waals surface area contributed by atoms with Crippen LogP contribution in [0.2, 0.25) is 5.02 Å². The highest BCUT2D eigenvalue weighted by molar-refractivity contribution is 8.04. The Morgan fingerprint density at radius 3 is 2.34 bits per heavy atom. The maximum Gasteiger partial charge on any atom is 0.416 e. The number of carbonyl (C=O) groups excluding carboxylic acids is 1. The molecule has 1 saturated carbocycles. The van der Waals surface area contributed by atoms with Crippen molar-refractivity contribution in [2.24, 2.45) is 5.10 Å². The molecule has 1 saturated heterocycles. The number of piperazine rings is 1. The predicted octanol–water partition coefficient (Wildman–Crippen LogP) is 2.78. The lowest BCUT2D eigenvalue weighted by atomic mass is 9.86. The molecule has 3 aliphatic rings. The molecule has 0 spiro atoms. The SMILES string of the molecule is C=[N+]1CC(S(=O)(=O)N2CCN(C3(C(C)NC(=O)c4ccc(C(F)(F)F)cc4Cl)CCCC3)CC2)=N1. The number of hydrogen-bond donors (Lipinski definition) is 1. The lowest BCUT2D eigenvalue weighted by Gasteiger charge is -2.49. The molecule has 0 bridgehead atoms. The second kappa shape index (κ2) is 9.45. The molecule has 1 aromatic carbocycles. The molecule has 1 amide bonds. The van der Waals surface area contributed by atoms with Gasteiger partial charge in [0.2, 0.25) is 6.54 Å². The third-order valence-corrected chi connectivity index (χ3v) is 9.40. The standard InChI is InChI=1S/C22H27ClF3N5O3S/c1-15(27-20(32)17-6-5-16(13-18(17)23)22(24,25)26)21(7-3-4-8-21)30-9-11-31(12-10-30)35(33,34)19-14-29(2)28-19/h5-6,13,15H,2-4,7-12,14H2,1H3/p+1. The van der Waals surface area contributed by atoms with Gasteiger partial charge in [-0.3, -0.25) is 9.69 Å². The van der Waals surface area contributed by atoms with E-state index in [9.17, 15) is 26.4 Å². The van der Waals surface area contributed by atoms with Gasteiger partial charge < -0.3 is 5.32 Å². The summed E-state index contributed by atoms with van der Waals surface area (Å²) in [6.45, 7) is 7.28. The number of hydrogen-bond acceptors (Lipinski definition) is 5. The van der Waals surface area contributed by atoms with E-state index in [2.05, 4.69) is 22.0 Å². The van der Waals surface area contributed by atoms with Crippen LogP contribution < -0.4 is 5.32 Å². The second-order valence-electron chi connectivity index (χ2n) is 9.25. The summed E-state index contributed by atoms with van der Waals surface area (Å²) in [6, 6.07) is 2.37. The fourth-order valence-electron chi connectivity index (χ4n) is 5.25. The molecule has 0 radical (unpaired) electrons. The van der Waals surface area contributed by atoms with Gasteiger partial charge in [0, 0.05) is 42.9 Å². The Bertz CT molecular complexity index is 1160. The summed E-state index contributed by atoms with van der Waals surface area (Å²) in [5, 5.41) is 6.67. The molecule has 192 valence electrons. The summed E-state index contributed by atoms with van der Waals surface area (Å²) in [4.78, 5) is 15.2. The molecule has 13 heteroatoms. The molecule has 1 aromatic rings. The smallest absolute Gasteiger partial charge is 0.348 e. The van der Waals surface area contributed by atoms with Gasteiger partial charge in [-0.1, -0.05) is 29.1 Å². The zero-order valence-electron chi connectivity index (χ0n) is 19.3. The Morgan fingerprint density at radius 2 is 1.83 bits per heavy atom. The monoisotopic (exact) mass is 534 g/mol. The fourth-order valence-corrected chi connectivity index (χ4v) is 6.99. The fraction of sp³-hybridized carbons (Fsp3) is 0.591. The number of nitrogens with one attached hydrogen (secondary N) is 1. The first-order valence-corrected chi connectivity index (χ1v) is 13.2. The van der Waals surface area contributed by atoms with Crippen LogP contribution in [-0.4, -0.2) is 84.3 Å². The summed E-state index contributed by atoms with van der Waals surface area (Å²) >= 11 is 6.02. The van der Waals surface area contributed by atoms with E-state index in [0.717, 1.165) is 43.9 Å². The van der Waals surface area contributed by atoms with E-state index in [-0.39, 0.29) is 33.8 Å². The van der Waals surface area contributed by atoms with Crippen LogP contribution in [0.3, 0.4) is 0 Å². The van der Waals surface area contributed by atoms with Gasteiger partial charge in [0.25, 0.3) is 21.0 Å². The van der Waals surface area contributed by atoms with Gasteiger partial charge in [-0.2, -0.15) is 17.5 Å². The average molecular weight is 535 g/mol. The minimum Gasteiger partial charge on any atom is -0.348 e. The van der Waals surface area contributed by atoms with Gasteiger partial charge in [0.15, 0.2) is 6.72 Å². The van der Waals surface area contributed by atoms with Crippen molar-refractivity contribution in [1.82, 2.24) is 14.5 Å². The predicted molar refractivity (Wildman–Crippen MR) is 126 cm³/mol. The average Bonchev–Trinajstić information content (AvgIpc) is 3.27. The highest BCUT2D eigenvalue weighted by Crippen LogP contribution is 2.39. The normalized spacial score (nSPS) is 22.4. The Hall–Kier alpha value is -2.02. The number of alkyl halides is 3. The first kappa shape index (κ1) is 26.1. The Balaban J connectivity index is 1.45. The van der Waals surface area contributed by atoms with Crippen molar-refractivity contribution in [2.45, 2.75) is 50.4 Å². The van der Waals surface area contributed by atoms with Gasteiger partial charge in [-0.05, 0) is 38.0 Å². The van der Waals surface area contributed by atoms with Crippen LogP contribution in [0.15, 0.2) is 23.3 Å². The number of sulfonamides is 1. The molecule has 2 fully saturated rings. The molecule has 2 aliphatic heterocycles. The first-order chi connectivity index (χ1) is 16.3. The molecule has 4 rings (SSSR count). The molecule has 1 atom stereocenters. The summed E-state index contributed by atoms with van der Waals surface area (Å²) < 4.78 is 67.1. The number of rotatable bonds is 5. The van der Waals surface area contributed by atoms with Crippen molar-refractivity contribution >= 4 is 39.3 Å². The maximum atomic E-state index is 12.9. The van der Waals surface area contributed by atoms with E-state index < -0.39 is 27.7 Å². The number of carbonyl (C=O) groups is 1. The van der Waals surface area contributed by atoms with E-state index in [4.69, 9.17) is 11.6 Å². The molecule has 1 N–H and O–H groups in total. The van der Waals surface area contributed by atoms with Crippen molar-refractivity contribution in [3.8, 4) is 0 Å². The van der Waals surface area contributed by atoms with Crippen molar-refractivity contribution in [1.29, 1.82) is 0 Å². The molecule has 0 aromatic heterocycles. The lowest BCUT2D eigenvalue weighted by Crippen LogP contribution is -2.64. The molecule has 35 heavy (non-hydrogen) atoms. The van der Waals surface area contributed by atoms with Crippen LogP contribution in [0.5, 0.6) is 0 Å². The number of nitrogens with zero attached hydrogens (tertiary/aromatic N) is 4. The lowest BCUT2D eigenvalue weighted by molar-refractivity contribution is -0.532. The van der Waals surface area contributed by atoms with Crippen LogP contribution in [0.4, 0.5) is 13.2 Å². The van der Waals surface area contributed by atoms with E-state index in [1.807, 2.05) is 6.92 Å². The third-order valence-electron chi connectivity index (χ3n) is 7.24. The third kappa shape index (κ3) is 4.98. The van der Waals surface area contributed by atoms with E-state index >= 15 is 0 Å².